The van der Waals surface area contributed by atoms with Crippen LogP contribution in [-0.4, -0.2) is 55.9 Å². The molecule has 2 aliphatic heterocycles. The van der Waals surface area contributed by atoms with Crippen molar-refractivity contribution in [2.24, 2.45) is 0 Å². The van der Waals surface area contributed by atoms with E-state index in [1.54, 1.807) is 0 Å². The summed E-state index contributed by atoms with van der Waals surface area (Å²) < 4.78 is 23.9. The van der Waals surface area contributed by atoms with Gasteiger partial charge in [0.15, 0.2) is 16.4 Å². The number of carbonyl (C=O) groups is 1. The molecule has 1 aliphatic carbocycles. The Hall–Kier alpha value is -1.40. The van der Waals surface area contributed by atoms with Gasteiger partial charge >= 0.3 is 0 Å². The Labute approximate surface area is 156 Å². The summed E-state index contributed by atoms with van der Waals surface area (Å²) in [5.41, 5.74) is 2.75. The molecule has 6 heteroatoms. The number of fused-ring (bicyclic) bond motifs is 1. The molecule has 2 atom stereocenters. The molecule has 1 aromatic carbocycles. The van der Waals surface area contributed by atoms with Gasteiger partial charge < -0.3 is 9.80 Å². The van der Waals surface area contributed by atoms with Crippen LogP contribution in [0.2, 0.25) is 0 Å². The van der Waals surface area contributed by atoms with Crippen LogP contribution in [0.1, 0.15) is 43.2 Å². The van der Waals surface area contributed by atoms with Crippen molar-refractivity contribution in [3.63, 3.8) is 0 Å². The van der Waals surface area contributed by atoms with Gasteiger partial charge in [-0.15, -0.1) is 0 Å². The van der Waals surface area contributed by atoms with Crippen LogP contribution in [-0.2, 0) is 27.6 Å². The molecule has 5 nitrogen and oxygen atoms in total. The van der Waals surface area contributed by atoms with Crippen molar-refractivity contribution < 1.29 is 18.1 Å². The van der Waals surface area contributed by atoms with Gasteiger partial charge in [0.1, 0.15) is 6.54 Å². The van der Waals surface area contributed by atoms with Crippen LogP contribution in [0, 0.1) is 0 Å². The van der Waals surface area contributed by atoms with Gasteiger partial charge in [-0.1, -0.05) is 37.1 Å². The van der Waals surface area contributed by atoms with Crippen molar-refractivity contribution in [2.75, 3.05) is 24.6 Å². The van der Waals surface area contributed by atoms with Gasteiger partial charge in [-0.2, -0.15) is 0 Å². The monoisotopic (exact) mass is 377 g/mol. The topological polar surface area (TPSA) is 58.9 Å². The van der Waals surface area contributed by atoms with E-state index in [-0.39, 0.29) is 29.5 Å². The minimum Gasteiger partial charge on any atom is -0.331 e. The summed E-state index contributed by atoms with van der Waals surface area (Å²) in [7, 11) is -2.98. The molecule has 2 heterocycles. The van der Waals surface area contributed by atoms with Crippen molar-refractivity contribution >= 4 is 15.7 Å². The fraction of sp³-hybridized carbons (Fsp3) is 0.650. The van der Waals surface area contributed by atoms with Crippen LogP contribution in [0.3, 0.4) is 0 Å². The molecule has 0 bridgehead atoms. The van der Waals surface area contributed by atoms with Crippen LogP contribution >= 0.6 is 0 Å². The second kappa shape index (κ2) is 7.31. The van der Waals surface area contributed by atoms with Crippen LogP contribution in [0.5, 0.6) is 0 Å². The van der Waals surface area contributed by atoms with E-state index in [1.165, 1.54) is 16.0 Å². The summed E-state index contributed by atoms with van der Waals surface area (Å²) in [6.45, 7) is 2.36. The Morgan fingerprint density at radius 1 is 1.08 bits per heavy atom. The van der Waals surface area contributed by atoms with Gasteiger partial charge in [-0.25, -0.2) is 8.42 Å². The smallest absolute Gasteiger partial charge is 0.278 e. The summed E-state index contributed by atoms with van der Waals surface area (Å²) in [6.07, 6.45) is 5.99. The Bertz CT molecular complexity index is 771. The summed E-state index contributed by atoms with van der Waals surface area (Å²) >= 11 is 0. The maximum absolute atomic E-state index is 13.2. The van der Waals surface area contributed by atoms with Gasteiger partial charge in [0.05, 0.1) is 18.1 Å². The van der Waals surface area contributed by atoms with E-state index in [4.69, 9.17) is 0 Å². The van der Waals surface area contributed by atoms with E-state index in [0.717, 1.165) is 45.2 Å². The van der Waals surface area contributed by atoms with Gasteiger partial charge in [-0.05, 0) is 24.8 Å². The highest BCUT2D eigenvalue weighted by Gasteiger charge is 2.40. The molecule has 4 rings (SSSR count). The SMILES string of the molecule is O=C(C[NH+]1CCc2ccccc2C1)N(C1CCCC1)[C@H]1CCS(=O)(=O)C1. The van der Waals surface area contributed by atoms with Crippen molar-refractivity contribution in [1.82, 2.24) is 4.90 Å². The average molecular weight is 378 g/mol. The Balaban J connectivity index is 1.46. The van der Waals surface area contributed by atoms with Crippen LogP contribution in [0.4, 0.5) is 0 Å². The highest BCUT2D eigenvalue weighted by atomic mass is 32.2. The lowest BCUT2D eigenvalue weighted by Gasteiger charge is -2.35. The first kappa shape index (κ1) is 18.0. The molecule has 3 aliphatic rings. The molecule has 142 valence electrons. The zero-order valence-electron chi connectivity index (χ0n) is 15.3. The number of rotatable bonds is 4. The third-order valence-electron chi connectivity index (χ3n) is 6.32. The van der Waals surface area contributed by atoms with Crippen LogP contribution < -0.4 is 4.90 Å². The normalized spacial score (nSPS) is 28.0. The molecule has 1 aromatic rings. The van der Waals surface area contributed by atoms with E-state index in [9.17, 15) is 13.2 Å². The lowest BCUT2D eigenvalue weighted by Crippen LogP contribution is -3.13. The number of sulfone groups is 1. The minimum absolute atomic E-state index is 0.105. The number of quaternary nitrogens is 1. The molecule has 1 amide bonds. The zero-order valence-corrected chi connectivity index (χ0v) is 16.1. The maximum atomic E-state index is 13.2. The summed E-state index contributed by atoms with van der Waals surface area (Å²) in [6, 6.07) is 8.64. The zero-order chi connectivity index (χ0) is 18.1. The standard InChI is InChI=1S/C20H28N2O3S/c23-20(14-21-11-9-16-5-1-2-6-17(16)13-21)22(18-7-3-4-8-18)19-10-12-26(24,25)15-19/h1-2,5-6,18-19H,3-4,7-15H2/p+1/t19-/m0/s1. The van der Waals surface area contributed by atoms with Crippen molar-refractivity contribution in [3.05, 3.63) is 35.4 Å². The Morgan fingerprint density at radius 2 is 1.81 bits per heavy atom. The van der Waals surface area contributed by atoms with E-state index in [0.29, 0.717) is 13.0 Å². The van der Waals surface area contributed by atoms with E-state index < -0.39 is 9.84 Å². The number of benzene rings is 1. The summed E-state index contributed by atoms with van der Waals surface area (Å²) in [4.78, 5) is 16.5. The molecule has 1 saturated heterocycles. The quantitative estimate of drug-likeness (QED) is 0.835. The number of carbonyl (C=O) groups excluding carboxylic acids is 1. The van der Waals surface area contributed by atoms with Crippen molar-refractivity contribution in [3.8, 4) is 0 Å². The molecule has 1 unspecified atom stereocenters. The van der Waals surface area contributed by atoms with E-state index in [2.05, 4.69) is 24.3 Å². The van der Waals surface area contributed by atoms with Gasteiger partial charge in [0.2, 0.25) is 0 Å². The molecule has 1 N–H and O–H groups in total. The predicted octanol–water partition coefficient (Wildman–Crippen LogP) is 0.586. The van der Waals surface area contributed by atoms with Gasteiger partial charge in [0, 0.05) is 24.1 Å². The van der Waals surface area contributed by atoms with Crippen LogP contribution in [0.15, 0.2) is 24.3 Å². The van der Waals surface area contributed by atoms with E-state index >= 15 is 0 Å². The largest absolute Gasteiger partial charge is 0.331 e. The first-order chi connectivity index (χ1) is 12.5. The highest BCUT2D eigenvalue weighted by molar-refractivity contribution is 7.91. The highest BCUT2D eigenvalue weighted by Crippen LogP contribution is 2.29. The van der Waals surface area contributed by atoms with Gasteiger partial charge in [0.25, 0.3) is 5.91 Å². The first-order valence-corrected chi connectivity index (χ1v) is 11.8. The Morgan fingerprint density at radius 3 is 2.50 bits per heavy atom. The molecule has 1 saturated carbocycles. The van der Waals surface area contributed by atoms with Gasteiger partial charge in [-0.3, -0.25) is 4.79 Å². The Kier molecular flexibility index (Phi) is 5.06. The molecular weight excluding hydrogens is 348 g/mol. The fourth-order valence-corrected chi connectivity index (χ4v) is 6.69. The lowest BCUT2D eigenvalue weighted by molar-refractivity contribution is -0.908. The predicted molar refractivity (Wildman–Crippen MR) is 101 cm³/mol. The average Bonchev–Trinajstić information content (AvgIpc) is 3.25. The summed E-state index contributed by atoms with van der Waals surface area (Å²) in [5.74, 6) is 0.555. The molecule has 26 heavy (non-hydrogen) atoms. The molecule has 0 spiro atoms. The second-order valence-corrected chi connectivity index (χ2v) is 10.4. The number of hydrogen-bond donors (Lipinski definition) is 1. The third-order valence-corrected chi connectivity index (χ3v) is 8.07. The molecule has 0 radical (unpaired) electrons. The fourth-order valence-electron chi connectivity index (χ4n) is 4.98. The third kappa shape index (κ3) is 3.81. The number of nitrogens with zero attached hydrogens (tertiary/aromatic N) is 1. The summed E-state index contributed by atoms with van der Waals surface area (Å²) in [5, 5.41) is 0. The number of hydrogen-bond acceptors (Lipinski definition) is 3. The molecule has 0 aromatic heterocycles. The minimum atomic E-state index is -2.98. The van der Waals surface area contributed by atoms with E-state index in [1.807, 2.05) is 4.90 Å². The second-order valence-electron chi connectivity index (χ2n) is 8.17. The molecular formula is C20H29N2O3S+. The lowest BCUT2D eigenvalue weighted by atomic mass is 10.00. The maximum Gasteiger partial charge on any atom is 0.278 e. The van der Waals surface area contributed by atoms with Crippen LogP contribution in [0.25, 0.3) is 0 Å². The van der Waals surface area contributed by atoms with Crippen molar-refractivity contribution in [2.45, 2.75) is 57.2 Å². The van der Waals surface area contributed by atoms with Crippen molar-refractivity contribution in [1.29, 1.82) is 0 Å². The number of nitrogens with one attached hydrogen (secondary N) is 1. The first-order valence-electron chi connectivity index (χ1n) is 9.94. The molecule has 2 fully saturated rings. The number of amides is 1.